The van der Waals surface area contributed by atoms with Crippen LogP contribution >= 0.6 is 11.8 Å². The first kappa shape index (κ1) is 14.9. The largest absolute Gasteiger partial charge is 0.273 e. The second-order valence-corrected chi connectivity index (χ2v) is 6.17. The minimum Gasteiger partial charge on any atom is -0.273 e. The number of hydrogen-bond acceptors (Lipinski definition) is 3. The molecule has 0 aromatic heterocycles. The molecule has 0 heterocycles. The predicted molar refractivity (Wildman–Crippen MR) is 80.1 cm³/mol. The van der Waals surface area contributed by atoms with Crippen molar-refractivity contribution < 1.29 is 9.59 Å². The molecule has 2 rings (SSSR count). The maximum atomic E-state index is 11.7. The number of nitrogens with one attached hydrogen (secondary N) is 2. The van der Waals surface area contributed by atoms with Crippen molar-refractivity contribution in [3.05, 3.63) is 29.8 Å². The highest BCUT2D eigenvalue weighted by atomic mass is 32.2. The van der Waals surface area contributed by atoms with Crippen LogP contribution in [0.15, 0.2) is 29.2 Å². The van der Waals surface area contributed by atoms with E-state index < -0.39 is 0 Å². The van der Waals surface area contributed by atoms with Crippen LogP contribution in [0.4, 0.5) is 0 Å². The molecule has 1 aliphatic carbocycles. The molecule has 1 aromatic carbocycles. The Morgan fingerprint density at radius 3 is 2.45 bits per heavy atom. The molecule has 1 saturated carbocycles. The topological polar surface area (TPSA) is 58.2 Å². The van der Waals surface area contributed by atoms with Crippen LogP contribution in [0.25, 0.3) is 0 Å². The fraction of sp³-hybridized carbons (Fsp3) is 0.467. The van der Waals surface area contributed by atoms with Crippen molar-refractivity contribution in [2.75, 3.05) is 5.75 Å². The Labute approximate surface area is 123 Å². The van der Waals surface area contributed by atoms with Crippen LogP contribution in [0.3, 0.4) is 0 Å². The van der Waals surface area contributed by atoms with Gasteiger partial charge < -0.3 is 0 Å². The highest BCUT2D eigenvalue weighted by Crippen LogP contribution is 2.24. The minimum absolute atomic E-state index is 0.0591. The molecule has 108 valence electrons. The summed E-state index contributed by atoms with van der Waals surface area (Å²) >= 11 is 1.46. The number of rotatable bonds is 4. The Morgan fingerprint density at radius 2 is 1.80 bits per heavy atom. The van der Waals surface area contributed by atoms with Gasteiger partial charge in [-0.2, -0.15) is 0 Å². The molecule has 5 heteroatoms. The van der Waals surface area contributed by atoms with E-state index in [1.54, 1.807) is 0 Å². The van der Waals surface area contributed by atoms with E-state index in [1.165, 1.54) is 17.3 Å². The van der Waals surface area contributed by atoms with E-state index in [2.05, 4.69) is 10.9 Å². The van der Waals surface area contributed by atoms with E-state index in [0.717, 1.165) is 30.6 Å². The molecule has 0 aliphatic heterocycles. The fourth-order valence-corrected chi connectivity index (χ4v) is 2.94. The average molecular weight is 292 g/mol. The van der Waals surface area contributed by atoms with Crippen molar-refractivity contribution >= 4 is 23.6 Å². The third-order valence-electron chi connectivity index (χ3n) is 3.44. The van der Waals surface area contributed by atoms with Gasteiger partial charge >= 0.3 is 0 Å². The second kappa shape index (κ2) is 7.33. The van der Waals surface area contributed by atoms with E-state index in [1.807, 2.05) is 31.2 Å². The summed E-state index contributed by atoms with van der Waals surface area (Å²) in [5, 5.41) is 0. The lowest BCUT2D eigenvalue weighted by Crippen LogP contribution is -2.44. The van der Waals surface area contributed by atoms with Crippen LogP contribution in [0.2, 0.25) is 0 Å². The molecule has 0 atom stereocenters. The molecular weight excluding hydrogens is 272 g/mol. The van der Waals surface area contributed by atoms with E-state index in [9.17, 15) is 9.59 Å². The number of amides is 2. The summed E-state index contributed by atoms with van der Waals surface area (Å²) in [4.78, 5) is 24.4. The maximum Gasteiger partial charge on any atom is 0.248 e. The highest BCUT2D eigenvalue weighted by Gasteiger charge is 2.22. The van der Waals surface area contributed by atoms with Gasteiger partial charge in [0.15, 0.2) is 0 Å². The highest BCUT2D eigenvalue weighted by molar-refractivity contribution is 8.00. The molecule has 2 N–H and O–H groups in total. The molecule has 0 unspecified atom stereocenters. The summed E-state index contributed by atoms with van der Waals surface area (Å²) in [5.41, 5.74) is 6.20. The molecule has 0 radical (unpaired) electrons. The third kappa shape index (κ3) is 4.56. The first-order valence-corrected chi connectivity index (χ1v) is 7.92. The van der Waals surface area contributed by atoms with Gasteiger partial charge in [-0.3, -0.25) is 20.4 Å². The Balaban J connectivity index is 1.67. The lowest BCUT2D eigenvalue weighted by molar-refractivity contribution is -0.130. The van der Waals surface area contributed by atoms with Gasteiger partial charge in [0.2, 0.25) is 11.8 Å². The molecule has 4 nitrogen and oxygen atoms in total. The fourth-order valence-electron chi connectivity index (χ4n) is 2.24. The zero-order valence-electron chi connectivity index (χ0n) is 11.6. The first-order valence-electron chi connectivity index (χ1n) is 6.93. The van der Waals surface area contributed by atoms with Crippen LogP contribution in [0.1, 0.15) is 31.2 Å². The van der Waals surface area contributed by atoms with Crippen molar-refractivity contribution in [3.63, 3.8) is 0 Å². The molecule has 0 bridgehead atoms. The lowest BCUT2D eigenvalue weighted by Gasteiger charge is -2.11. The van der Waals surface area contributed by atoms with E-state index in [0.29, 0.717) is 5.75 Å². The number of aryl methyl sites for hydroxylation is 1. The third-order valence-corrected chi connectivity index (χ3v) is 4.45. The van der Waals surface area contributed by atoms with Crippen LogP contribution < -0.4 is 10.9 Å². The average Bonchev–Trinajstić information content (AvgIpc) is 2.98. The van der Waals surface area contributed by atoms with Gasteiger partial charge in [0.1, 0.15) is 0 Å². The van der Waals surface area contributed by atoms with Gasteiger partial charge in [-0.05, 0) is 31.9 Å². The Kier molecular flexibility index (Phi) is 5.47. The van der Waals surface area contributed by atoms with Crippen LogP contribution in [0.5, 0.6) is 0 Å². The molecular formula is C15H20N2O2S. The first-order chi connectivity index (χ1) is 9.65. The van der Waals surface area contributed by atoms with E-state index in [4.69, 9.17) is 0 Å². The van der Waals surface area contributed by atoms with Gasteiger partial charge in [-0.1, -0.05) is 30.5 Å². The SMILES string of the molecule is Cc1ccc(SCC(=O)NNC(=O)C2CCCC2)cc1. The van der Waals surface area contributed by atoms with Gasteiger partial charge in [0.05, 0.1) is 5.75 Å². The van der Waals surface area contributed by atoms with E-state index in [-0.39, 0.29) is 17.7 Å². The zero-order chi connectivity index (χ0) is 14.4. The molecule has 1 fully saturated rings. The maximum absolute atomic E-state index is 11.7. The summed E-state index contributed by atoms with van der Waals surface area (Å²) in [7, 11) is 0. The van der Waals surface area contributed by atoms with Crippen molar-refractivity contribution in [3.8, 4) is 0 Å². The normalized spacial score (nSPS) is 15.1. The Bertz CT molecular complexity index is 467. The summed E-state index contributed by atoms with van der Waals surface area (Å²) in [6.07, 6.45) is 4.07. The summed E-state index contributed by atoms with van der Waals surface area (Å²) in [6.45, 7) is 2.03. The monoisotopic (exact) mass is 292 g/mol. The molecule has 2 amide bonds. The van der Waals surface area contributed by atoms with Gasteiger partial charge in [-0.25, -0.2) is 0 Å². The number of carbonyl (C=O) groups is 2. The summed E-state index contributed by atoms with van der Waals surface area (Å²) < 4.78 is 0. The Hall–Kier alpha value is -1.49. The predicted octanol–water partition coefficient (Wildman–Crippen LogP) is 2.42. The van der Waals surface area contributed by atoms with Gasteiger partial charge in [0.25, 0.3) is 0 Å². The van der Waals surface area contributed by atoms with E-state index >= 15 is 0 Å². The summed E-state index contributed by atoms with van der Waals surface area (Å²) in [5.74, 6) is 0.131. The van der Waals surface area contributed by atoms with Crippen molar-refractivity contribution in [2.45, 2.75) is 37.5 Å². The smallest absolute Gasteiger partial charge is 0.248 e. The van der Waals surface area contributed by atoms with Crippen LogP contribution in [-0.4, -0.2) is 17.6 Å². The standard InChI is InChI=1S/C15H20N2O2S/c1-11-6-8-13(9-7-11)20-10-14(18)16-17-15(19)12-4-2-3-5-12/h6-9,12H,2-5,10H2,1H3,(H,16,18)(H,17,19). The quantitative estimate of drug-likeness (QED) is 0.662. The van der Waals surface area contributed by atoms with Crippen molar-refractivity contribution in [2.24, 2.45) is 5.92 Å². The van der Waals surface area contributed by atoms with Crippen molar-refractivity contribution in [1.29, 1.82) is 0 Å². The number of thioether (sulfide) groups is 1. The number of carbonyl (C=O) groups excluding carboxylic acids is 2. The Morgan fingerprint density at radius 1 is 1.15 bits per heavy atom. The van der Waals surface area contributed by atoms with Gasteiger partial charge in [-0.15, -0.1) is 11.8 Å². The summed E-state index contributed by atoms with van der Waals surface area (Å²) in [6, 6.07) is 8.01. The second-order valence-electron chi connectivity index (χ2n) is 5.12. The molecule has 0 saturated heterocycles. The van der Waals surface area contributed by atoms with Crippen molar-refractivity contribution in [1.82, 2.24) is 10.9 Å². The van der Waals surface area contributed by atoms with Gasteiger partial charge in [0, 0.05) is 10.8 Å². The number of benzene rings is 1. The zero-order valence-corrected chi connectivity index (χ0v) is 12.5. The number of hydrogen-bond donors (Lipinski definition) is 2. The van der Waals surface area contributed by atoms with Crippen LogP contribution in [-0.2, 0) is 9.59 Å². The minimum atomic E-state index is -0.179. The molecule has 20 heavy (non-hydrogen) atoms. The van der Waals surface area contributed by atoms with Crippen LogP contribution in [0, 0.1) is 12.8 Å². The lowest BCUT2D eigenvalue weighted by atomic mass is 10.1. The number of hydrazine groups is 1. The molecule has 1 aliphatic rings. The molecule has 0 spiro atoms. The molecule has 1 aromatic rings.